The van der Waals surface area contributed by atoms with Gasteiger partial charge in [0.2, 0.25) is 0 Å². The van der Waals surface area contributed by atoms with E-state index >= 15 is 0 Å². The van der Waals surface area contributed by atoms with Gasteiger partial charge in [0, 0.05) is 0 Å². The number of hydrogen-bond acceptors (Lipinski definition) is 5. The molecule has 4 atom stereocenters. The highest BCUT2D eigenvalue weighted by molar-refractivity contribution is 5.13. The number of ether oxygens (including phenoxy) is 4. The first-order valence-electron chi connectivity index (χ1n) is 6.86. The van der Waals surface area contributed by atoms with Crippen molar-refractivity contribution in [3.05, 3.63) is 35.9 Å². The zero-order valence-corrected chi connectivity index (χ0v) is 11.7. The number of hydrogen-bond donors (Lipinski definition) is 1. The first-order chi connectivity index (χ1) is 9.59. The molecule has 2 saturated heterocycles. The number of fused-ring (bicyclic) bond motifs is 1. The molecule has 0 amide bonds. The maximum atomic E-state index is 9.37. The van der Waals surface area contributed by atoms with Crippen molar-refractivity contribution in [1.82, 2.24) is 0 Å². The monoisotopic (exact) mass is 280 g/mol. The standard InChI is InChI=1S/C15H20O5/c1-15(2)19-12-11(8-16)18-14(13(12)20-15)17-9-10-6-4-3-5-7-10/h3-7,11-14,16H,8-9H2,1-2H3/t11-,12-,13-,14?/m0/s1. The summed E-state index contributed by atoms with van der Waals surface area (Å²) in [4.78, 5) is 0. The predicted molar refractivity (Wildman–Crippen MR) is 70.8 cm³/mol. The first kappa shape index (κ1) is 14.0. The fraction of sp³-hybridized carbons (Fsp3) is 0.600. The Hall–Kier alpha value is -0.980. The highest BCUT2D eigenvalue weighted by Crippen LogP contribution is 2.39. The lowest BCUT2D eigenvalue weighted by Gasteiger charge is -2.23. The molecule has 3 rings (SSSR count). The molecule has 0 aliphatic carbocycles. The van der Waals surface area contributed by atoms with Crippen LogP contribution in [0.2, 0.25) is 0 Å². The van der Waals surface area contributed by atoms with Gasteiger partial charge in [0.25, 0.3) is 0 Å². The second kappa shape index (κ2) is 5.42. The van der Waals surface area contributed by atoms with Crippen LogP contribution in [0.4, 0.5) is 0 Å². The van der Waals surface area contributed by atoms with Crippen LogP contribution in [0, 0.1) is 0 Å². The van der Waals surface area contributed by atoms with Gasteiger partial charge < -0.3 is 24.1 Å². The van der Waals surface area contributed by atoms with Gasteiger partial charge in [-0.25, -0.2) is 0 Å². The van der Waals surface area contributed by atoms with E-state index < -0.39 is 18.2 Å². The third-order valence-corrected chi connectivity index (χ3v) is 3.54. The first-order valence-corrected chi connectivity index (χ1v) is 6.86. The summed E-state index contributed by atoms with van der Waals surface area (Å²) in [6.07, 6.45) is -1.50. The van der Waals surface area contributed by atoms with Crippen molar-refractivity contribution < 1.29 is 24.1 Å². The van der Waals surface area contributed by atoms with Gasteiger partial charge >= 0.3 is 0 Å². The predicted octanol–water partition coefficient (Wildman–Crippen LogP) is 1.44. The zero-order valence-electron chi connectivity index (χ0n) is 11.7. The summed E-state index contributed by atoms with van der Waals surface area (Å²) in [7, 11) is 0. The summed E-state index contributed by atoms with van der Waals surface area (Å²) in [5.74, 6) is -0.666. The lowest BCUT2D eigenvalue weighted by Crippen LogP contribution is -2.32. The molecule has 0 aromatic heterocycles. The Balaban J connectivity index is 1.65. The van der Waals surface area contributed by atoms with Crippen molar-refractivity contribution in [2.75, 3.05) is 6.61 Å². The molecule has 5 nitrogen and oxygen atoms in total. The van der Waals surface area contributed by atoms with Crippen LogP contribution in [0.1, 0.15) is 19.4 Å². The Morgan fingerprint density at radius 1 is 1.15 bits per heavy atom. The van der Waals surface area contributed by atoms with E-state index in [0.29, 0.717) is 6.61 Å². The van der Waals surface area contributed by atoms with E-state index in [-0.39, 0.29) is 18.8 Å². The van der Waals surface area contributed by atoms with E-state index in [1.165, 1.54) is 0 Å². The molecule has 5 heteroatoms. The third-order valence-electron chi connectivity index (χ3n) is 3.54. The van der Waals surface area contributed by atoms with Crippen LogP contribution in [0.15, 0.2) is 30.3 Å². The fourth-order valence-electron chi connectivity index (χ4n) is 2.68. The minimum Gasteiger partial charge on any atom is -0.394 e. The number of rotatable bonds is 4. The maximum Gasteiger partial charge on any atom is 0.187 e. The highest BCUT2D eigenvalue weighted by Gasteiger charge is 2.55. The largest absolute Gasteiger partial charge is 0.394 e. The molecule has 2 heterocycles. The SMILES string of the molecule is CC1(C)O[C@H]2[C@H](CO)OC(OCc3ccccc3)[C@H]2O1. The molecule has 20 heavy (non-hydrogen) atoms. The van der Waals surface area contributed by atoms with Crippen molar-refractivity contribution in [2.24, 2.45) is 0 Å². The van der Waals surface area contributed by atoms with E-state index in [1.807, 2.05) is 44.2 Å². The van der Waals surface area contributed by atoms with Crippen LogP contribution >= 0.6 is 0 Å². The maximum absolute atomic E-state index is 9.37. The van der Waals surface area contributed by atoms with Crippen LogP contribution in [0.3, 0.4) is 0 Å². The Labute approximate surface area is 118 Å². The van der Waals surface area contributed by atoms with Crippen molar-refractivity contribution in [1.29, 1.82) is 0 Å². The van der Waals surface area contributed by atoms with Crippen LogP contribution < -0.4 is 0 Å². The number of benzene rings is 1. The Morgan fingerprint density at radius 2 is 1.85 bits per heavy atom. The Bertz CT molecular complexity index is 447. The van der Waals surface area contributed by atoms with Gasteiger partial charge in [0.1, 0.15) is 18.3 Å². The van der Waals surface area contributed by atoms with Gasteiger partial charge in [-0.1, -0.05) is 30.3 Å². The fourth-order valence-corrected chi connectivity index (χ4v) is 2.68. The molecule has 1 N–H and O–H groups in total. The smallest absolute Gasteiger partial charge is 0.187 e. The van der Waals surface area contributed by atoms with Gasteiger partial charge in [0.15, 0.2) is 12.1 Å². The molecule has 2 aliphatic rings. The highest BCUT2D eigenvalue weighted by atomic mass is 16.8. The molecule has 0 spiro atoms. The van der Waals surface area contributed by atoms with Crippen molar-refractivity contribution in [2.45, 2.75) is 50.8 Å². The van der Waals surface area contributed by atoms with Gasteiger partial charge in [-0.05, 0) is 19.4 Å². The number of aliphatic hydroxyl groups excluding tert-OH is 1. The Kier molecular flexibility index (Phi) is 3.79. The lowest BCUT2D eigenvalue weighted by atomic mass is 10.1. The van der Waals surface area contributed by atoms with Crippen LogP contribution in [0.25, 0.3) is 0 Å². The summed E-state index contributed by atoms with van der Waals surface area (Å²) in [5.41, 5.74) is 1.07. The van der Waals surface area contributed by atoms with E-state index in [1.54, 1.807) is 0 Å². The molecule has 1 unspecified atom stereocenters. The summed E-state index contributed by atoms with van der Waals surface area (Å²) in [6, 6.07) is 9.87. The van der Waals surface area contributed by atoms with Gasteiger partial charge in [0.05, 0.1) is 13.2 Å². The molecular formula is C15H20O5. The van der Waals surface area contributed by atoms with Gasteiger partial charge in [-0.3, -0.25) is 0 Å². The summed E-state index contributed by atoms with van der Waals surface area (Å²) < 4.78 is 23.1. The van der Waals surface area contributed by atoms with Gasteiger partial charge in [-0.15, -0.1) is 0 Å². The second-order valence-corrected chi connectivity index (χ2v) is 5.59. The zero-order chi connectivity index (χ0) is 14.2. The van der Waals surface area contributed by atoms with Crippen LogP contribution in [-0.4, -0.2) is 42.1 Å². The van der Waals surface area contributed by atoms with E-state index in [9.17, 15) is 5.11 Å². The Morgan fingerprint density at radius 3 is 2.55 bits per heavy atom. The van der Waals surface area contributed by atoms with E-state index in [2.05, 4.69) is 0 Å². The average molecular weight is 280 g/mol. The van der Waals surface area contributed by atoms with E-state index in [0.717, 1.165) is 5.56 Å². The van der Waals surface area contributed by atoms with Crippen LogP contribution in [-0.2, 0) is 25.6 Å². The van der Waals surface area contributed by atoms with Crippen LogP contribution in [0.5, 0.6) is 0 Å². The molecule has 1 aromatic carbocycles. The molecule has 110 valence electrons. The summed E-state index contributed by atoms with van der Waals surface area (Å²) in [5, 5.41) is 9.37. The minimum atomic E-state index is -0.666. The molecule has 2 aliphatic heterocycles. The van der Waals surface area contributed by atoms with Gasteiger partial charge in [-0.2, -0.15) is 0 Å². The lowest BCUT2D eigenvalue weighted by molar-refractivity contribution is -0.239. The van der Waals surface area contributed by atoms with Crippen molar-refractivity contribution in [3.63, 3.8) is 0 Å². The quantitative estimate of drug-likeness (QED) is 0.904. The van der Waals surface area contributed by atoms with Crippen molar-refractivity contribution in [3.8, 4) is 0 Å². The molecule has 2 fully saturated rings. The summed E-state index contributed by atoms with van der Waals surface area (Å²) in [6.45, 7) is 4.05. The molecule has 0 bridgehead atoms. The summed E-state index contributed by atoms with van der Waals surface area (Å²) >= 11 is 0. The third kappa shape index (κ3) is 2.73. The molecule has 1 aromatic rings. The topological polar surface area (TPSA) is 57.2 Å². The number of aliphatic hydroxyl groups is 1. The second-order valence-electron chi connectivity index (χ2n) is 5.59. The normalized spacial score (nSPS) is 35.1. The molecule has 0 saturated carbocycles. The molecule has 0 radical (unpaired) electrons. The van der Waals surface area contributed by atoms with E-state index in [4.69, 9.17) is 18.9 Å². The van der Waals surface area contributed by atoms with Crippen molar-refractivity contribution >= 4 is 0 Å². The molecular weight excluding hydrogens is 260 g/mol. The average Bonchev–Trinajstić information content (AvgIpc) is 2.91. The minimum absolute atomic E-state index is 0.105.